The summed E-state index contributed by atoms with van der Waals surface area (Å²) in [7, 11) is 0. The molecule has 4 N–H and O–H groups in total. The van der Waals surface area contributed by atoms with Crippen LogP contribution in [0.1, 0.15) is 13.8 Å². The third-order valence-corrected chi connectivity index (χ3v) is 1.87. The van der Waals surface area contributed by atoms with Crippen molar-refractivity contribution < 1.29 is 29.9 Å². The fourth-order valence-corrected chi connectivity index (χ4v) is 1.07. The lowest BCUT2D eigenvalue weighted by molar-refractivity contribution is -0.224. The SMILES string of the molecule is CCOC(OCC)[C@H](O)[C@@H](O)[C@@H](O)CO. The Kier molecular flexibility index (Phi) is 7.85. The predicted octanol–water partition coefficient (Wildman–Crippen LogP) is -1.54. The van der Waals surface area contributed by atoms with E-state index in [4.69, 9.17) is 19.7 Å². The van der Waals surface area contributed by atoms with Crippen LogP contribution in [0.4, 0.5) is 0 Å². The summed E-state index contributed by atoms with van der Waals surface area (Å²) in [6, 6.07) is 0. The molecule has 0 spiro atoms. The maximum atomic E-state index is 9.57. The zero-order chi connectivity index (χ0) is 11.8. The van der Waals surface area contributed by atoms with E-state index in [1.165, 1.54) is 0 Å². The van der Waals surface area contributed by atoms with Crippen LogP contribution in [0, 0.1) is 0 Å². The molecule has 0 radical (unpaired) electrons. The van der Waals surface area contributed by atoms with E-state index in [1.54, 1.807) is 13.8 Å². The van der Waals surface area contributed by atoms with Gasteiger partial charge in [-0.15, -0.1) is 0 Å². The summed E-state index contributed by atoms with van der Waals surface area (Å²) >= 11 is 0. The molecule has 0 saturated carbocycles. The molecule has 0 aromatic heterocycles. The summed E-state index contributed by atoms with van der Waals surface area (Å²) < 4.78 is 10.1. The van der Waals surface area contributed by atoms with E-state index in [0.717, 1.165) is 0 Å². The fourth-order valence-electron chi connectivity index (χ4n) is 1.07. The Bertz CT molecular complexity index is 148. The summed E-state index contributed by atoms with van der Waals surface area (Å²) in [5.41, 5.74) is 0. The van der Waals surface area contributed by atoms with Crippen molar-refractivity contribution in [3.63, 3.8) is 0 Å². The van der Waals surface area contributed by atoms with Gasteiger partial charge in [0.2, 0.25) is 0 Å². The van der Waals surface area contributed by atoms with E-state index in [-0.39, 0.29) is 0 Å². The standard InChI is InChI=1S/C9H20O6/c1-3-14-9(15-4-2)8(13)7(12)6(11)5-10/h6-13H,3-5H2,1-2H3/t6-,7-,8+/m0/s1. The van der Waals surface area contributed by atoms with Gasteiger partial charge in [0, 0.05) is 13.2 Å². The number of hydrogen-bond donors (Lipinski definition) is 4. The lowest BCUT2D eigenvalue weighted by Gasteiger charge is -2.28. The van der Waals surface area contributed by atoms with Crippen LogP contribution in [0.3, 0.4) is 0 Å². The molecule has 0 aliphatic heterocycles. The van der Waals surface area contributed by atoms with Crippen LogP contribution in [0.15, 0.2) is 0 Å². The Morgan fingerprint density at radius 3 is 1.73 bits per heavy atom. The Morgan fingerprint density at radius 1 is 0.933 bits per heavy atom. The lowest BCUT2D eigenvalue weighted by atomic mass is 10.1. The van der Waals surface area contributed by atoms with Crippen LogP contribution in [0.25, 0.3) is 0 Å². The zero-order valence-corrected chi connectivity index (χ0v) is 9.04. The van der Waals surface area contributed by atoms with E-state index < -0.39 is 31.2 Å². The van der Waals surface area contributed by atoms with E-state index in [2.05, 4.69) is 0 Å². The maximum absolute atomic E-state index is 9.57. The number of ether oxygens (including phenoxy) is 2. The smallest absolute Gasteiger partial charge is 0.186 e. The highest BCUT2D eigenvalue weighted by Crippen LogP contribution is 2.09. The molecule has 0 aromatic carbocycles. The van der Waals surface area contributed by atoms with Gasteiger partial charge in [-0.2, -0.15) is 0 Å². The summed E-state index contributed by atoms with van der Waals surface area (Å²) in [6.45, 7) is 3.41. The summed E-state index contributed by atoms with van der Waals surface area (Å²) in [4.78, 5) is 0. The average Bonchev–Trinajstić information content (AvgIpc) is 2.25. The van der Waals surface area contributed by atoms with Crippen molar-refractivity contribution in [1.82, 2.24) is 0 Å². The molecule has 0 unspecified atom stereocenters. The quantitative estimate of drug-likeness (QED) is 0.373. The molecule has 92 valence electrons. The van der Waals surface area contributed by atoms with E-state index in [0.29, 0.717) is 13.2 Å². The number of rotatable bonds is 8. The Labute approximate surface area is 89.1 Å². The molecule has 0 rings (SSSR count). The van der Waals surface area contributed by atoms with Crippen molar-refractivity contribution in [2.24, 2.45) is 0 Å². The van der Waals surface area contributed by atoms with Gasteiger partial charge in [-0.25, -0.2) is 0 Å². The van der Waals surface area contributed by atoms with E-state index in [1.807, 2.05) is 0 Å². The number of aliphatic hydroxyl groups is 4. The van der Waals surface area contributed by atoms with E-state index in [9.17, 15) is 10.2 Å². The van der Waals surface area contributed by atoms with Gasteiger partial charge in [0.05, 0.1) is 6.61 Å². The van der Waals surface area contributed by atoms with Gasteiger partial charge in [-0.3, -0.25) is 0 Å². The highest BCUT2D eigenvalue weighted by atomic mass is 16.7. The van der Waals surface area contributed by atoms with Gasteiger partial charge in [-0.1, -0.05) is 0 Å². The number of hydrogen-bond acceptors (Lipinski definition) is 6. The first kappa shape index (κ1) is 14.8. The molecule has 3 atom stereocenters. The molecule has 0 amide bonds. The molecule has 0 heterocycles. The van der Waals surface area contributed by atoms with Crippen molar-refractivity contribution in [3.05, 3.63) is 0 Å². The Morgan fingerprint density at radius 2 is 1.40 bits per heavy atom. The molecule has 6 heteroatoms. The highest BCUT2D eigenvalue weighted by molar-refractivity contribution is 4.77. The van der Waals surface area contributed by atoms with Crippen LogP contribution in [-0.2, 0) is 9.47 Å². The molecule has 0 bridgehead atoms. The van der Waals surface area contributed by atoms with Crippen molar-refractivity contribution in [3.8, 4) is 0 Å². The molecule has 15 heavy (non-hydrogen) atoms. The minimum Gasteiger partial charge on any atom is -0.394 e. The van der Waals surface area contributed by atoms with Crippen molar-refractivity contribution >= 4 is 0 Å². The molecule has 0 aromatic rings. The fraction of sp³-hybridized carbons (Fsp3) is 1.00. The van der Waals surface area contributed by atoms with Gasteiger partial charge in [0.1, 0.15) is 18.3 Å². The molecular weight excluding hydrogens is 204 g/mol. The first-order valence-corrected chi connectivity index (χ1v) is 4.96. The monoisotopic (exact) mass is 224 g/mol. The minimum atomic E-state index is -1.50. The van der Waals surface area contributed by atoms with Crippen LogP contribution < -0.4 is 0 Å². The molecule has 0 aliphatic carbocycles. The predicted molar refractivity (Wildman–Crippen MR) is 52.1 cm³/mol. The zero-order valence-electron chi connectivity index (χ0n) is 9.04. The van der Waals surface area contributed by atoms with Gasteiger partial charge < -0.3 is 29.9 Å². The first-order chi connectivity index (χ1) is 7.08. The summed E-state index contributed by atoms with van der Waals surface area (Å²) in [6.07, 6.45) is -5.32. The maximum Gasteiger partial charge on any atom is 0.186 e. The Hall–Kier alpha value is -0.240. The highest BCUT2D eigenvalue weighted by Gasteiger charge is 2.31. The average molecular weight is 224 g/mol. The van der Waals surface area contributed by atoms with Gasteiger partial charge in [0.15, 0.2) is 6.29 Å². The molecule has 6 nitrogen and oxygen atoms in total. The number of aliphatic hydroxyl groups excluding tert-OH is 4. The largest absolute Gasteiger partial charge is 0.394 e. The molecule has 0 saturated heterocycles. The van der Waals surface area contributed by atoms with Crippen LogP contribution >= 0.6 is 0 Å². The minimum absolute atomic E-state index is 0.309. The van der Waals surface area contributed by atoms with Gasteiger partial charge in [-0.05, 0) is 13.8 Å². The summed E-state index contributed by atoms with van der Waals surface area (Å²) in [5.74, 6) is 0. The van der Waals surface area contributed by atoms with Crippen molar-refractivity contribution in [2.45, 2.75) is 38.4 Å². The molecule has 0 aliphatic rings. The lowest BCUT2D eigenvalue weighted by Crippen LogP contribution is -2.47. The van der Waals surface area contributed by atoms with Crippen molar-refractivity contribution in [2.75, 3.05) is 19.8 Å². The van der Waals surface area contributed by atoms with Crippen LogP contribution in [0.2, 0.25) is 0 Å². The molecule has 0 fully saturated rings. The normalized spacial score (nSPS) is 17.8. The van der Waals surface area contributed by atoms with Crippen LogP contribution in [0.5, 0.6) is 0 Å². The second kappa shape index (κ2) is 7.98. The summed E-state index contributed by atoms with van der Waals surface area (Å²) in [5, 5.41) is 36.7. The Balaban J connectivity index is 4.26. The van der Waals surface area contributed by atoms with Crippen molar-refractivity contribution in [1.29, 1.82) is 0 Å². The third-order valence-electron chi connectivity index (χ3n) is 1.87. The second-order valence-corrected chi connectivity index (χ2v) is 3.01. The van der Waals surface area contributed by atoms with Gasteiger partial charge in [0.25, 0.3) is 0 Å². The molecular formula is C9H20O6. The van der Waals surface area contributed by atoms with Crippen LogP contribution in [-0.4, -0.2) is 64.8 Å². The topological polar surface area (TPSA) is 99.4 Å². The first-order valence-electron chi connectivity index (χ1n) is 4.96. The van der Waals surface area contributed by atoms with Gasteiger partial charge >= 0.3 is 0 Å². The van der Waals surface area contributed by atoms with E-state index >= 15 is 0 Å². The third kappa shape index (κ3) is 4.87. The second-order valence-electron chi connectivity index (χ2n) is 3.01.